The molecule has 1 aliphatic rings. The van der Waals surface area contributed by atoms with Gasteiger partial charge >= 0.3 is 5.97 Å². The lowest BCUT2D eigenvalue weighted by Crippen LogP contribution is -2.18. The number of hydrogen-bond donors (Lipinski definition) is 1. The van der Waals surface area contributed by atoms with Crippen LogP contribution in [-0.2, 0) is 4.79 Å². The first-order valence-electron chi connectivity index (χ1n) is 4.74. The second-order valence-electron chi connectivity index (χ2n) is 3.73. The summed E-state index contributed by atoms with van der Waals surface area (Å²) < 4.78 is 12.9. The van der Waals surface area contributed by atoms with Crippen molar-refractivity contribution >= 4 is 17.7 Å². The van der Waals surface area contributed by atoms with E-state index in [1.165, 1.54) is 23.9 Å². The third kappa shape index (κ3) is 1.86. The Kier molecular flexibility index (Phi) is 2.69. The molecule has 1 heterocycles. The molecule has 2 unspecified atom stereocenters. The Labute approximate surface area is 91.5 Å². The molecule has 0 amide bonds. The summed E-state index contributed by atoms with van der Waals surface area (Å²) in [6.45, 7) is 1.70. The smallest absolute Gasteiger partial charge is 0.306 e. The molecule has 0 aliphatic carbocycles. The molecular weight excluding hydrogens is 215 g/mol. The molecule has 1 aromatic carbocycles. The molecule has 1 aromatic rings. The quantitative estimate of drug-likeness (QED) is 0.842. The van der Waals surface area contributed by atoms with E-state index in [4.69, 9.17) is 5.11 Å². The van der Waals surface area contributed by atoms with Crippen LogP contribution in [0.2, 0.25) is 0 Å². The van der Waals surface area contributed by atoms with Crippen molar-refractivity contribution in [1.29, 1.82) is 0 Å². The SMILES string of the molecule is CC(C(=O)O)C1CSc2cc(F)ccc21. The van der Waals surface area contributed by atoms with Crippen LogP contribution in [0.1, 0.15) is 18.4 Å². The topological polar surface area (TPSA) is 37.3 Å². The number of carbonyl (C=O) groups is 1. The summed E-state index contributed by atoms with van der Waals surface area (Å²) in [7, 11) is 0. The Balaban J connectivity index is 2.32. The molecule has 0 fully saturated rings. The van der Waals surface area contributed by atoms with Crippen LogP contribution in [0.25, 0.3) is 0 Å². The van der Waals surface area contributed by atoms with Gasteiger partial charge in [0.25, 0.3) is 0 Å². The first kappa shape index (κ1) is 10.5. The van der Waals surface area contributed by atoms with Crippen molar-refractivity contribution in [3.8, 4) is 0 Å². The number of aliphatic carboxylic acids is 1. The van der Waals surface area contributed by atoms with E-state index in [-0.39, 0.29) is 11.7 Å². The minimum atomic E-state index is -0.794. The molecule has 2 rings (SSSR count). The molecule has 0 saturated heterocycles. The number of thioether (sulfide) groups is 1. The Morgan fingerprint density at radius 3 is 3.07 bits per heavy atom. The summed E-state index contributed by atoms with van der Waals surface area (Å²) in [5.41, 5.74) is 0.969. The van der Waals surface area contributed by atoms with Gasteiger partial charge in [-0.15, -0.1) is 11.8 Å². The van der Waals surface area contributed by atoms with Crippen LogP contribution >= 0.6 is 11.8 Å². The van der Waals surface area contributed by atoms with Gasteiger partial charge in [0.2, 0.25) is 0 Å². The van der Waals surface area contributed by atoms with Crippen molar-refractivity contribution < 1.29 is 14.3 Å². The number of rotatable bonds is 2. The highest BCUT2D eigenvalue weighted by molar-refractivity contribution is 7.99. The highest BCUT2D eigenvalue weighted by Crippen LogP contribution is 2.43. The Morgan fingerprint density at radius 2 is 2.40 bits per heavy atom. The largest absolute Gasteiger partial charge is 0.481 e. The summed E-state index contributed by atoms with van der Waals surface area (Å²) in [4.78, 5) is 11.8. The zero-order valence-electron chi connectivity index (χ0n) is 8.24. The molecule has 80 valence electrons. The van der Waals surface area contributed by atoms with Gasteiger partial charge in [0.1, 0.15) is 5.82 Å². The van der Waals surface area contributed by atoms with Crippen LogP contribution in [-0.4, -0.2) is 16.8 Å². The standard InChI is InChI=1S/C11H11FO2S/c1-6(11(13)14)9-5-15-10-4-7(12)2-3-8(9)10/h2-4,6,9H,5H2,1H3,(H,13,14). The van der Waals surface area contributed by atoms with E-state index in [1.54, 1.807) is 13.0 Å². The van der Waals surface area contributed by atoms with Crippen molar-refractivity contribution in [3.63, 3.8) is 0 Å². The summed E-state index contributed by atoms with van der Waals surface area (Å²) in [6, 6.07) is 4.58. The van der Waals surface area contributed by atoms with Gasteiger partial charge in [-0.2, -0.15) is 0 Å². The minimum absolute atomic E-state index is 0.00287. The second-order valence-corrected chi connectivity index (χ2v) is 4.79. The summed E-state index contributed by atoms with van der Waals surface area (Å²) in [6.07, 6.45) is 0. The van der Waals surface area contributed by atoms with Crippen LogP contribution < -0.4 is 0 Å². The van der Waals surface area contributed by atoms with Gasteiger partial charge < -0.3 is 5.11 Å². The van der Waals surface area contributed by atoms with Gasteiger partial charge in [-0.05, 0) is 17.7 Å². The lowest BCUT2D eigenvalue weighted by Gasteiger charge is -2.14. The molecule has 1 aliphatic heterocycles. The van der Waals surface area contributed by atoms with Gasteiger partial charge in [0, 0.05) is 16.6 Å². The first-order valence-corrected chi connectivity index (χ1v) is 5.73. The number of fused-ring (bicyclic) bond motifs is 1. The molecule has 0 bridgehead atoms. The van der Waals surface area contributed by atoms with E-state index < -0.39 is 11.9 Å². The van der Waals surface area contributed by atoms with Crippen molar-refractivity contribution in [2.45, 2.75) is 17.7 Å². The van der Waals surface area contributed by atoms with Crippen LogP contribution in [0.4, 0.5) is 4.39 Å². The van der Waals surface area contributed by atoms with Crippen molar-refractivity contribution in [3.05, 3.63) is 29.6 Å². The highest BCUT2D eigenvalue weighted by atomic mass is 32.2. The summed E-state index contributed by atoms with van der Waals surface area (Å²) >= 11 is 1.53. The number of carboxylic acids is 1. The third-order valence-corrected chi connectivity index (χ3v) is 3.98. The average molecular weight is 226 g/mol. The normalized spacial score (nSPS) is 21.1. The number of halogens is 1. The van der Waals surface area contributed by atoms with E-state index in [9.17, 15) is 9.18 Å². The number of benzene rings is 1. The molecule has 0 radical (unpaired) electrons. The van der Waals surface area contributed by atoms with Gasteiger partial charge in [0.15, 0.2) is 0 Å². The number of carboxylic acid groups (broad SMARTS) is 1. The van der Waals surface area contributed by atoms with E-state index in [0.29, 0.717) is 0 Å². The van der Waals surface area contributed by atoms with E-state index in [2.05, 4.69) is 0 Å². The van der Waals surface area contributed by atoms with Crippen LogP contribution in [0.5, 0.6) is 0 Å². The maximum absolute atomic E-state index is 12.9. The minimum Gasteiger partial charge on any atom is -0.481 e. The van der Waals surface area contributed by atoms with Crippen LogP contribution in [0, 0.1) is 11.7 Å². The fourth-order valence-corrected chi connectivity index (χ4v) is 3.20. The van der Waals surface area contributed by atoms with E-state index >= 15 is 0 Å². The first-order chi connectivity index (χ1) is 7.09. The molecule has 0 saturated carbocycles. The Hall–Kier alpha value is -1.03. The molecule has 4 heteroatoms. The average Bonchev–Trinajstić information content (AvgIpc) is 2.59. The van der Waals surface area contributed by atoms with Crippen molar-refractivity contribution in [1.82, 2.24) is 0 Å². The fraction of sp³-hybridized carbons (Fsp3) is 0.364. The lowest BCUT2D eigenvalue weighted by atomic mass is 9.89. The Morgan fingerprint density at radius 1 is 1.67 bits per heavy atom. The maximum Gasteiger partial charge on any atom is 0.306 e. The van der Waals surface area contributed by atoms with Gasteiger partial charge in [-0.25, -0.2) is 4.39 Å². The van der Waals surface area contributed by atoms with Crippen molar-refractivity contribution in [2.24, 2.45) is 5.92 Å². The summed E-state index contributed by atoms with van der Waals surface area (Å²) in [5.74, 6) is -0.735. The molecule has 15 heavy (non-hydrogen) atoms. The fourth-order valence-electron chi connectivity index (χ4n) is 1.79. The van der Waals surface area contributed by atoms with Gasteiger partial charge in [-0.1, -0.05) is 13.0 Å². The van der Waals surface area contributed by atoms with Crippen LogP contribution in [0.3, 0.4) is 0 Å². The molecule has 1 N–H and O–H groups in total. The van der Waals surface area contributed by atoms with Crippen molar-refractivity contribution in [2.75, 3.05) is 5.75 Å². The molecule has 0 aromatic heterocycles. The van der Waals surface area contributed by atoms with Gasteiger partial charge in [0.05, 0.1) is 5.92 Å². The zero-order valence-corrected chi connectivity index (χ0v) is 9.05. The van der Waals surface area contributed by atoms with Crippen LogP contribution in [0.15, 0.2) is 23.1 Å². The monoisotopic (exact) mass is 226 g/mol. The number of hydrogen-bond acceptors (Lipinski definition) is 2. The predicted molar refractivity (Wildman–Crippen MR) is 56.7 cm³/mol. The lowest BCUT2D eigenvalue weighted by molar-refractivity contribution is -0.141. The predicted octanol–water partition coefficient (Wildman–Crippen LogP) is 2.74. The summed E-state index contributed by atoms with van der Waals surface area (Å²) in [5, 5.41) is 8.94. The molecule has 2 atom stereocenters. The second kappa shape index (κ2) is 3.85. The molecule has 2 nitrogen and oxygen atoms in total. The third-order valence-electron chi connectivity index (χ3n) is 2.79. The Bertz CT molecular complexity index is 406. The van der Waals surface area contributed by atoms with Gasteiger partial charge in [-0.3, -0.25) is 4.79 Å². The molecular formula is C11H11FO2S. The molecule has 0 spiro atoms. The maximum atomic E-state index is 12.9. The van der Waals surface area contributed by atoms with E-state index in [0.717, 1.165) is 16.2 Å². The zero-order chi connectivity index (χ0) is 11.0. The highest BCUT2D eigenvalue weighted by Gasteiger charge is 2.31. The van der Waals surface area contributed by atoms with E-state index in [1.807, 2.05) is 0 Å².